The standard InChI is InChI=1S/C30H24BrN3O5S2/c1-16-7-11-18(12-8-16)32-22(35)15-33-29-26(41-30(33)38)23(20-5-3-4-6-21(20)39-2)24-25(40-29)28(37)34(27(24)36)19-13-9-17(31)10-14-19/h3-14,23-25H,15H2,1-2H3,(H,32,35)/t23-,24-,25+/m0/s1. The summed E-state index contributed by atoms with van der Waals surface area (Å²) < 4.78 is 7.90. The Labute approximate surface area is 252 Å². The molecule has 1 fully saturated rings. The molecule has 1 saturated heterocycles. The lowest BCUT2D eigenvalue weighted by Crippen LogP contribution is -2.33. The third-order valence-corrected chi connectivity index (χ3v) is 10.4. The second-order valence-corrected chi connectivity index (χ2v) is 12.8. The fourth-order valence-electron chi connectivity index (χ4n) is 5.34. The summed E-state index contributed by atoms with van der Waals surface area (Å²) in [6, 6.07) is 21.7. The summed E-state index contributed by atoms with van der Waals surface area (Å²) >= 11 is 5.59. The summed E-state index contributed by atoms with van der Waals surface area (Å²) in [5, 5.41) is 2.58. The number of carbonyl (C=O) groups is 3. The van der Waals surface area contributed by atoms with Crippen LogP contribution < -0.4 is 19.8 Å². The maximum Gasteiger partial charge on any atom is 0.308 e. The number of amides is 3. The number of halogens is 1. The van der Waals surface area contributed by atoms with Crippen LogP contribution in [0.15, 0.2) is 87.1 Å². The number of rotatable bonds is 6. The number of nitrogens with zero attached hydrogens (tertiary/aromatic N) is 2. The van der Waals surface area contributed by atoms with Crippen molar-refractivity contribution in [2.75, 3.05) is 17.3 Å². The number of hydrogen-bond donors (Lipinski definition) is 1. The second-order valence-electron chi connectivity index (χ2n) is 9.81. The van der Waals surface area contributed by atoms with Crippen molar-refractivity contribution in [1.82, 2.24) is 4.57 Å². The minimum Gasteiger partial charge on any atom is -0.496 e. The number of thioether (sulfide) groups is 1. The van der Waals surface area contributed by atoms with E-state index in [2.05, 4.69) is 21.2 Å². The van der Waals surface area contributed by atoms with Gasteiger partial charge in [-0.1, -0.05) is 74.9 Å². The molecular formula is C30H24BrN3O5S2. The van der Waals surface area contributed by atoms with Crippen LogP contribution in [0.1, 0.15) is 21.9 Å². The monoisotopic (exact) mass is 649 g/mol. The van der Waals surface area contributed by atoms with Crippen LogP contribution in [0, 0.1) is 12.8 Å². The van der Waals surface area contributed by atoms with Crippen molar-refractivity contribution in [2.24, 2.45) is 5.92 Å². The fourth-order valence-corrected chi connectivity index (χ4v) is 8.37. The number of imide groups is 1. The molecule has 4 aromatic rings. The van der Waals surface area contributed by atoms with Gasteiger partial charge in [-0.05, 0) is 49.4 Å². The van der Waals surface area contributed by atoms with Gasteiger partial charge < -0.3 is 10.1 Å². The van der Waals surface area contributed by atoms with Gasteiger partial charge in [0.25, 0.3) is 0 Å². The molecule has 3 heterocycles. The molecule has 6 rings (SSSR count). The molecule has 8 nitrogen and oxygen atoms in total. The Bertz CT molecular complexity index is 1730. The normalized spacial score (nSPS) is 19.6. The minimum absolute atomic E-state index is 0.222. The van der Waals surface area contributed by atoms with Crippen LogP contribution in [0.2, 0.25) is 0 Å². The predicted octanol–water partition coefficient (Wildman–Crippen LogP) is 5.42. The molecule has 2 aliphatic rings. The number of benzene rings is 3. The Morgan fingerprint density at radius 1 is 0.976 bits per heavy atom. The zero-order valence-corrected chi connectivity index (χ0v) is 25.2. The largest absolute Gasteiger partial charge is 0.496 e. The number of hydrogen-bond acceptors (Lipinski definition) is 7. The molecule has 0 radical (unpaired) electrons. The molecule has 0 spiro atoms. The first-order valence-electron chi connectivity index (χ1n) is 12.8. The van der Waals surface area contributed by atoms with Crippen molar-refractivity contribution in [3.05, 3.63) is 103 Å². The second kappa shape index (κ2) is 11.0. The molecule has 0 aliphatic carbocycles. The summed E-state index contributed by atoms with van der Waals surface area (Å²) in [5.41, 5.74) is 2.88. The van der Waals surface area contributed by atoms with Crippen LogP contribution in [0.25, 0.3) is 0 Å². The number of carbonyl (C=O) groups excluding carboxylic acids is 3. The molecular weight excluding hydrogens is 626 g/mol. The molecule has 0 saturated carbocycles. The molecule has 11 heteroatoms. The summed E-state index contributed by atoms with van der Waals surface area (Å²) in [7, 11) is 1.55. The number of anilines is 2. The highest BCUT2D eigenvalue weighted by atomic mass is 79.9. The van der Waals surface area contributed by atoms with E-state index in [1.165, 1.54) is 21.2 Å². The molecule has 1 N–H and O–H groups in total. The highest BCUT2D eigenvalue weighted by Crippen LogP contribution is 2.55. The van der Waals surface area contributed by atoms with Gasteiger partial charge in [0.1, 0.15) is 17.5 Å². The van der Waals surface area contributed by atoms with Crippen LogP contribution >= 0.6 is 39.0 Å². The Morgan fingerprint density at radius 2 is 1.68 bits per heavy atom. The molecule has 0 bridgehead atoms. The lowest BCUT2D eigenvalue weighted by molar-refractivity contribution is -0.122. The maximum absolute atomic E-state index is 14.0. The van der Waals surface area contributed by atoms with Crippen LogP contribution in [0.3, 0.4) is 0 Å². The van der Waals surface area contributed by atoms with Gasteiger partial charge in [-0.15, -0.1) is 0 Å². The Morgan fingerprint density at radius 3 is 2.39 bits per heavy atom. The first-order chi connectivity index (χ1) is 19.8. The molecule has 1 aromatic heterocycles. The highest BCUT2D eigenvalue weighted by Gasteiger charge is 2.57. The summed E-state index contributed by atoms with van der Waals surface area (Å²) in [5.74, 6) is -1.86. The molecule has 2 aliphatic heterocycles. The number of methoxy groups -OCH3 is 1. The average molecular weight is 651 g/mol. The van der Waals surface area contributed by atoms with Crippen molar-refractivity contribution < 1.29 is 19.1 Å². The fraction of sp³-hybridized carbons (Fsp3) is 0.200. The SMILES string of the molecule is COc1ccccc1[C@@H]1c2sc(=O)n(CC(=O)Nc3ccc(C)cc3)c2S[C@H]2C(=O)N(c3ccc(Br)cc3)C(=O)[C@@H]12. The van der Waals surface area contributed by atoms with Crippen molar-refractivity contribution in [2.45, 2.75) is 29.7 Å². The molecule has 3 atom stereocenters. The third kappa shape index (κ3) is 4.92. The molecule has 0 unspecified atom stereocenters. The summed E-state index contributed by atoms with van der Waals surface area (Å²) in [4.78, 5) is 55.8. The number of nitrogens with one attached hydrogen (secondary N) is 1. The van der Waals surface area contributed by atoms with Gasteiger partial charge in [0.15, 0.2) is 0 Å². The number of fused-ring (bicyclic) bond motifs is 2. The van der Waals surface area contributed by atoms with Crippen LogP contribution in [0.5, 0.6) is 5.75 Å². The smallest absolute Gasteiger partial charge is 0.308 e. The van der Waals surface area contributed by atoms with Gasteiger partial charge in [-0.25, -0.2) is 4.90 Å². The molecule has 3 amide bonds. The number of ether oxygens (including phenoxy) is 1. The van der Waals surface area contributed by atoms with Crippen molar-refractivity contribution in [3.8, 4) is 5.75 Å². The lowest BCUT2D eigenvalue weighted by Gasteiger charge is -2.31. The maximum atomic E-state index is 14.0. The molecule has 3 aromatic carbocycles. The number of para-hydroxylation sites is 1. The quantitative estimate of drug-likeness (QED) is 0.280. The van der Waals surface area contributed by atoms with Crippen molar-refractivity contribution >= 4 is 68.1 Å². The van der Waals surface area contributed by atoms with Crippen molar-refractivity contribution in [1.29, 1.82) is 0 Å². The topological polar surface area (TPSA) is 97.7 Å². The third-order valence-electron chi connectivity index (χ3n) is 7.25. The van der Waals surface area contributed by atoms with Gasteiger partial charge in [0, 0.05) is 26.5 Å². The average Bonchev–Trinajstić information content (AvgIpc) is 3.41. The summed E-state index contributed by atoms with van der Waals surface area (Å²) in [6.45, 7) is 1.73. The first kappa shape index (κ1) is 27.5. The lowest BCUT2D eigenvalue weighted by atomic mass is 9.82. The summed E-state index contributed by atoms with van der Waals surface area (Å²) in [6.07, 6.45) is 0. The highest BCUT2D eigenvalue weighted by molar-refractivity contribution is 9.10. The van der Waals surface area contributed by atoms with E-state index in [-0.39, 0.29) is 29.1 Å². The van der Waals surface area contributed by atoms with Crippen LogP contribution in [-0.2, 0) is 20.9 Å². The minimum atomic E-state index is -0.783. The van der Waals surface area contributed by atoms with Gasteiger partial charge in [0.2, 0.25) is 17.7 Å². The Kier molecular flexibility index (Phi) is 7.35. The number of aryl methyl sites for hydroxylation is 1. The van der Waals surface area contributed by atoms with Gasteiger partial charge in [0.05, 0.1) is 23.7 Å². The van der Waals surface area contributed by atoms with E-state index in [4.69, 9.17) is 4.74 Å². The first-order valence-corrected chi connectivity index (χ1v) is 15.3. The van der Waals surface area contributed by atoms with E-state index in [0.29, 0.717) is 32.6 Å². The van der Waals surface area contributed by atoms with Gasteiger partial charge in [-0.2, -0.15) is 0 Å². The van der Waals surface area contributed by atoms with E-state index in [1.807, 2.05) is 37.3 Å². The van der Waals surface area contributed by atoms with Crippen LogP contribution in [0.4, 0.5) is 11.4 Å². The van der Waals surface area contributed by atoms with E-state index < -0.39 is 17.1 Å². The van der Waals surface area contributed by atoms with E-state index in [9.17, 15) is 19.2 Å². The predicted molar refractivity (Wildman–Crippen MR) is 163 cm³/mol. The van der Waals surface area contributed by atoms with Crippen LogP contribution in [-0.4, -0.2) is 34.6 Å². The number of aromatic nitrogens is 1. The molecule has 41 heavy (non-hydrogen) atoms. The zero-order valence-electron chi connectivity index (χ0n) is 22.0. The van der Waals surface area contributed by atoms with E-state index in [1.54, 1.807) is 49.6 Å². The van der Waals surface area contributed by atoms with E-state index in [0.717, 1.165) is 21.4 Å². The van der Waals surface area contributed by atoms with E-state index >= 15 is 0 Å². The van der Waals surface area contributed by atoms with Gasteiger partial charge in [-0.3, -0.25) is 23.7 Å². The van der Waals surface area contributed by atoms with Gasteiger partial charge >= 0.3 is 4.87 Å². The number of thiazole rings is 1. The zero-order chi connectivity index (χ0) is 28.8. The Hall–Kier alpha value is -3.67. The molecule has 208 valence electrons. The van der Waals surface area contributed by atoms with Crippen molar-refractivity contribution in [3.63, 3.8) is 0 Å². The Balaban J connectivity index is 1.43.